The van der Waals surface area contributed by atoms with Crippen molar-refractivity contribution in [1.29, 1.82) is 0 Å². The van der Waals surface area contributed by atoms with Crippen molar-refractivity contribution in [2.75, 3.05) is 26.3 Å². The van der Waals surface area contributed by atoms with E-state index in [-0.39, 0.29) is 24.3 Å². The van der Waals surface area contributed by atoms with Crippen LogP contribution in [0.15, 0.2) is 24.3 Å². The number of rotatable bonds is 7. The summed E-state index contributed by atoms with van der Waals surface area (Å²) in [6.45, 7) is 3.72. The van der Waals surface area contributed by atoms with Gasteiger partial charge in [-0.05, 0) is 43.5 Å². The van der Waals surface area contributed by atoms with Crippen LogP contribution in [0.5, 0.6) is 11.5 Å². The molecule has 1 aromatic carbocycles. The predicted octanol–water partition coefficient (Wildman–Crippen LogP) is 1.58. The zero-order valence-electron chi connectivity index (χ0n) is 13.5. The Bertz CT molecular complexity index is 530. The van der Waals surface area contributed by atoms with Gasteiger partial charge in [0.05, 0.1) is 12.5 Å². The minimum Gasteiger partial charge on any atom is -0.494 e. The van der Waals surface area contributed by atoms with E-state index in [1.807, 2.05) is 19.1 Å². The first-order valence-electron chi connectivity index (χ1n) is 8.03. The second-order valence-corrected chi connectivity index (χ2v) is 5.69. The van der Waals surface area contributed by atoms with Crippen molar-refractivity contribution in [2.45, 2.75) is 26.2 Å². The number of primary amides is 1. The number of hydrogen-bond acceptors (Lipinski definition) is 4. The molecule has 6 nitrogen and oxygen atoms in total. The number of amides is 2. The van der Waals surface area contributed by atoms with Crippen LogP contribution < -0.4 is 15.2 Å². The first kappa shape index (κ1) is 17.1. The SMILES string of the molecule is CCCOc1ccc(OCC(=O)N2CCCC(C(N)=O)C2)cc1. The molecular weight excluding hydrogens is 296 g/mol. The highest BCUT2D eigenvalue weighted by molar-refractivity contribution is 5.81. The molecule has 1 saturated heterocycles. The predicted molar refractivity (Wildman–Crippen MR) is 86.2 cm³/mol. The fourth-order valence-corrected chi connectivity index (χ4v) is 2.52. The summed E-state index contributed by atoms with van der Waals surface area (Å²) in [6.07, 6.45) is 2.50. The molecule has 1 atom stereocenters. The van der Waals surface area contributed by atoms with E-state index in [2.05, 4.69) is 0 Å². The van der Waals surface area contributed by atoms with Gasteiger partial charge in [-0.3, -0.25) is 9.59 Å². The Morgan fingerprint density at radius 3 is 2.48 bits per heavy atom. The molecule has 1 fully saturated rings. The largest absolute Gasteiger partial charge is 0.494 e. The van der Waals surface area contributed by atoms with E-state index in [0.717, 1.165) is 25.0 Å². The van der Waals surface area contributed by atoms with Gasteiger partial charge in [0.1, 0.15) is 11.5 Å². The minimum atomic E-state index is -0.342. The smallest absolute Gasteiger partial charge is 0.260 e. The van der Waals surface area contributed by atoms with E-state index >= 15 is 0 Å². The van der Waals surface area contributed by atoms with Gasteiger partial charge in [-0.25, -0.2) is 0 Å². The Morgan fingerprint density at radius 2 is 1.87 bits per heavy atom. The van der Waals surface area contributed by atoms with Crippen molar-refractivity contribution in [1.82, 2.24) is 4.90 Å². The van der Waals surface area contributed by atoms with Gasteiger partial charge < -0.3 is 20.1 Å². The number of likely N-dealkylation sites (tertiary alicyclic amines) is 1. The highest BCUT2D eigenvalue weighted by atomic mass is 16.5. The lowest BCUT2D eigenvalue weighted by Crippen LogP contribution is -2.45. The number of piperidine rings is 1. The summed E-state index contributed by atoms with van der Waals surface area (Å²) in [4.78, 5) is 25.1. The van der Waals surface area contributed by atoms with E-state index in [1.165, 1.54) is 0 Å². The Kier molecular flexibility index (Phi) is 6.26. The zero-order valence-corrected chi connectivity index (χ0v) is 13.5. The zero-order chi connectivity index (χ0) is 16.7. The van der Waals surface area contributed by atoms with Gasteiger partial charge in [0.25, 0.3) is 5.91 Å². The van der Waals surface area contributed by atoms with E-state index in [0.29, 0.717) is 25.4 Å². The molecular formula is C17H24N2O4. The lowest BCUT2D eigenvalue weighted by atomic mass is 9.97. The van der Waals surface area contributed by atoms with Crippen molar-refractivity contribution < 1.29 is 19.1 Å². The van der Waals surface area contributed by atoms with Crippen molar-refractivity contribution >= 4 is 11.8 Å². The third-order valence-corrected chi connectivity index (χ3v) is 3.84. The highest BCUT2D eigenvalue weighted by Crippen LogP contribution is 2.19. The molecule has 0 spiro atoms. The Balaban J connectivity index is 1.80. The molecule has 2 rings (SSSR count). The summed E-state index contributed by atoms with van der Waals surface area (Å²) >= 11 is 0. The number of hydrogen-bond donors (Lipinski definition) is 1. The van der Waals surface area contributed by atoms with Gasteiger partial charge in [0, 0.05) is 13.1 Å². The second kappa shape index (κ2) is 8.41. The van der Waals surface area contributed by atoms with Crippen LogP contribution >= 0.6 is 0 Å². The molecule has 0 bridgehead atoms. The van der Waals surface area contributed by atoms with Gasteiger partial charge in [-0.15, -0.1) is 0 Å². The molecule has 1 aromatic rings. The molecule has 126 valence electrons. The normalized spacial score (nSPS) is 17.6. The van der Waals surface area contributed by atoms with Gasteiger partial charge in [0.2, 0.25) is 5.91 Å². The van der Waals surface area contributed by atoms with E-state index in [9.17, 15) is 9.59 Å². The third kappa shape index (κ3) is 5.16. The fraction of sp³-hybridized carbons (Fsp3) is 0.529. The molecule has 1 unspecified atom stereocenters. The van der Waals surface area contributed by atoms with Crippen LogP contribution in [0, 0.1) is 5.92 Å². The van der Waals surface area contributed by atoms with Crippen LogP contribution in [0.2, 0.25) is 0 Å². The number of nitrogens with zero attached hydrogens (tertiary/aromatic N) is 1. The van der Waals surface area contributed by atoms with Crippen LogP contribution in [-0.4, -0.2) is 43.0 Å². The van der Waals surface area contributed by atoms with Crippen molar-refractivity contribution in [3.8, 4) is 11.5 Å². The second-order valence-electron chi connectivity index (χ2n) is 5.69. The Morgan fingerprint density at radius 1 is 1.22 bits per heavy atom. The van der Waals surface area contributed by atoms with Crippen LogP contribution in [-0.2, 0) is 9.59 Å². The molecule has 0 saturated carbocycles. The molecule has 0 radical (unpaired) electrons. The standard InChI is InChI=1S/C17H24N2O4/c1-2-10-22-14-5-7-15(8-6-14)23-12-16(20)19-9-3-4-13(11-19)17(18)21/h5-8,13H,2-4,9-12H2,1H3,(H2,18,21). The van der Waals surface area contributed by atoms with Crippen molar-refractivity contribution in [2.24, 2.45) is 11.7 Å². The van der Waals surface area contributed by atoms with Gasteiger partial charge >= 0.3 is 0 Å². The summed E-state index contributed by atoms with van der Waals surface area (Å²) < 4.78 is 11.0. The number of carbonyl (C=O) groups is 2. The average molecular weight is 320 g/mol. The Labute approximate surface area is 136 Å². The van der Waals surface area contributed by atoms with Crippen LogP contribution in [0.25, 0.3) is 0 Å². The first-order chi connectivity index (χ1) is 11.1. The molecule has 2 N–H and O–H groups in total. The van der Waals surface area contributed by atoms with Crippen molar-refractivity contribution in [3.63, 3.8) is 0 Å². The maximum absolute atomic E-state index is 12.2. The maximum Gasteiger partial charge on any atom is 0.260 e. The summed E-state index contributed by atoms with van der Waals surface area (Å²) in [5.41, 5.74) is 5.32. The van der Waals surface area contributed by atoms with Gasteiger partial charge in [0.15, 0.2) is 6.61 Å². The molecule has 1 aliphatic heterocycles. The minimum absolute atomic E-state index is 0.0410. The lowest BCUT2D eigenvalue weighted by molar-refractivity contribution is -0.136. The molecule has 1 aliphatic rings. The fourth-order valence-electron chi connectivity index (χ4n) is 2.52. The maximum atomic E-state index is 12.2. The molecule has 1 heterocycles. The topological polar surface area (TPSA) is 81.9 Å². The quantitative estimate of drug-likeness (QED) is 0.827. The number of carbonyl (C=O) groups excluding carboxylic acids is 2. The van der Waals surface area contributed by atoms with Crippen LogP contribution in [0.3, 0.4) is 0 Å². The molecule has 0 aliphatic carbocycles. The molecule has 6 heteroatoms. The van der Waals surface area contributed by atoms with Crippen LogP contribution in [0.1, 0.15) is 26.2 Å². The summed E-state index contributed by atoms with van der Waals surface area (Å²) in [5, 5.41) is 0. The van der Waals surface area contributed by atoms with Gasteiger partial charge in [-0.1, -0.05) is 6.92 Å². The monoisotopic (exact) mass is 320 g/mol. The molecule has 2 amide bonds. The van der Waals surface area contributed by atoms with E-state index < -0.39 is 0 Å². The highest BCUT2D eigenvalue weighted by Gasteiger charge is 2.26. The van der Waals surface area contributed by atoms with E-state index in [1.54, 1.807) is 17.0 Å². The average Bonchev–Trinajstić information content (AvgIpc) is 2.58. The van der Waals surface area contributed by atoms with Crippen LogP contribution in [0.4, 0.5) is 0 Å². The summed E-state index contributed by atoms with van der Waals surface area (Å²) in [5.74, 6) is 0.688. The molecule has 23 heavy (non-hydrogen) atoms. The number of nitrogens with two attached hydrogens (primary N) is 1. The van der Waals surface area contributed by atoms with Crippen molar-refractivity contribution in [3.05, 3.63) is 24.3 Å². The number of benzene rings is 1. The third-order valence-electron chi connectivity index (χ3n) is 3.84. The lowest BCUT2D eigenvalue weighted by Gasteiger charge is -2.31. The molecule has 0 aromatic heterocycles. The van der Waals surface area contributed by atoms with Gasteiger partial charge in [-0.2, -0.15) is 0 Å². The Hall–Kier alpha value is -2.24. The first-order valence-corrected chi connectivity index (χ1v) is 8.03. The number of ether oxygens (including phenoxy) is 2. The summed E-state index contributed by atoms with van der Waals surface area (Å²) in [6, 6.07) is 7.19. The van der Waals surface area contributed by atoms with E-state index in [4.69, 9.17) is 15.2 Å². The summed E-state index contributed by atoms with van der Waals surface area (Å²) in [7, 11) is 0.